The third-order valence-corrected chi connectivity index (χ3v) is 4.95. The van der Waals surface area contributed by atoms with Crippen molar-refractivity contribution in [2.45, 2.75) is 57.9 Å². The van der Waals surface area contributed by atoms with E-state index < -0.39 is 0 Å². The predicted molar refractivity (Wildman–Crippen MR) is 108 cm³/mol. The molecule has 6 heteroatoms. The molecule has 3 N–H and O–H groups in total. The maximum absolute atomic E-state index is 13.2. The van der Waals surface area contributed by atoms with Gasteiger partial charge in [-0.3, -0.25) is 5.41 Å². The summed E-state index contributed by atoms with van der Waals surface area (Å²) < 4.78 is 13.2. The van der Waals surface area contributed by atoms with Crippen LogP contribution >= 0.6 is 0 Å². The monoisotopic (exact) mass is 369 g/mol. The van der Waals surface area contributed by atoms with Gasteiger partial charge in [0.2, 0.25) is 5.95 Å². The Balaban J connectivity index is 1.85. The number of nitrogens with one attached hydrogen (secondary N) is 3. The lowest BCUT2D eigenvalue weighted by atomic mass is 9.95. The molecule has 1 aromatic heterocycles. The lowest BCUT2D eigenvalue weighted by Crippen LogP contribution is -2.25. The first-order valence-corrected chi connectivity index (χ1v) is 9.89. The zero-order valence-corrected chi connectivity index (χ0v) is 15.9. The summed E-state index contributed by atoms with van der Waals surface area (Å²) in [5.74, 6) is 0.960. The molecular weight excluding hydrogens is 341 g/mol. The van der Waals surface area contributed by atoms with Gasteiger partial charge in [-0.25, -0.2) is 9.37 Å². The molecule has 1 saturated carbocycles. The lowest BCUT2D eigenvalue weighted by molar-refractivity contribution is 0.462. The van der Waals surface area contributed by atoms with Gasteiger partial charge in [0.05, 0.1) is 11.3 Å². The number of benzene rings is 1. The van der Waals surface area contributed by atoms with Crippen molar-refractivity contribution in [3.8, 4) is 0 Å². The van der Waals surface area contributed by atoms with E-state index in [4.69, 9.17) is 5.41 Å². The van der Waals surface area contributed by atoms with E-state index in [0.29, 0.717) is 34.6 Å². The fourth-order valence-corrected chi connectivity index (χ4v) is 3.35. The summed E-state index contributed by atoms with van der Waals surface area (Å²) in [6, 6.07) is 6.36. The molecule has 3 rings (SSSR count). The van der Waals surface area contributed by atoms with E-state index >= 15 is 0 Å². The highest BCUT2D eigenvalue weighted by Gasteiger charge is 2.19. The van der Waals surface area contributed by atoms with Crippen molar-refractivity contribution >= 4 is 17.5 Å². The van der Waals surface area contributed by atoms with Gasteiger partial charge in [0.25, 0.3) is 0 Å². The van der Waals surface area contributed by atoms with Crippen LogP contribution in [0.4, 0.5) is 16.2 Å². The van der Waals surface area contributed by atoms with E-state index in [1.54, 1.807) is 18.3 Å². The van der Waals surface area contributed by atoms with Crippen LogP contribution in [-0.2, 0) is 0 Å². The molecular formula is C21H28FN5. The van der Waals surface area contributed by atoms with Gasteiger partial charge in [0, 0.05) is 24.3 Å². The van der Waals surface area contributed by atoms with E-state index in [1.807, 2.05) is 0 Å². The topological polar surface area (TPSA) is 73.7 Å². The molecule has 0 radical (unpaired) electrons. The zero-order valence-electron chi connectivity index (χ0n) is 15.9. The van der Waals surface area contributed by atoms with Crippen LogP contribution in [-0.4, -0.2) is 28.3 Å². The average Bonchev–Trinajstić information content (AvgIpc) is 2.69. The SMILES string of the molecule is CCCCNc1ncc(C(=N)c2ccc(F)cc2)c(NC2CCCCC2)n1. The molecule has 1 aliphatic carbocycles. The van der Waals surface area contributed by atoms with Gasteiger partial charge in [-0.15, -0.1) is 0 Å². The minimum Gasteiger partial charge on any atom is -0.367 e. The number of halogens is 1. The maximum Gasteiger partial charge on any atom is 0.224 e. The molecule has 144 valence electrons. The van der Waals surface area contributed by atoms with E-state index in [9.17, 15) is 4.39 Å². The van der Waals surface area contributed by atoms with Crippen LogP contribution in [0.5, 0.6) is 0 Å². The Bertz CT molecular complexity index is 754. The third kappa shape index (κ3) is 5.25. The molecule has 1 aliphatic rings. The molecule has 1 fully saturated rings. The number of hydrogen-bond acceptors (Lipinski definition) is 5. The number of hydrogen-bond donors (Lipinski definition) is 3. The summed E-state index contributed by atoms with van der Waals surface area (Å²) in [6.45, 7) is 2.97. The number of unbranched alkanes of at least 4 members (excludes halogenated alkanes) is 1. The molecule has 0 spiro atoms. The van der Waals surface area contributed by atoms with Crippen molar-refractivity contribution in [3.63, 3.8) is 0 Å². The standard InChI is InChI=1S/C21H28FN5/c1-2-3-13-24-21-25-14-18(19(23)15-9-11-16(22)12-10-15)20(27-21)26-17-7-5-4-6-8-17/h9-12,14,17,23H,2-8,13H2,1H3,(H2,24,25,26,27). The first kappa shape index (κ1) is 19.3. The van der Waals surface area contributed by atoms with Gasteiger partial charge < -0.3 is 10.6 Å². The lowest BCUT2D eigenvalue weighted by Gasteiger charge is -2.24. The smallest absolute Gasteiger partial charge is 0.224 e. The third-order valence-electron chi connectivity index (χ3n) is 4.95. The van der Waals surface area contributed by atoms with Gasteiger partial charge in [-0.1, -0.05) is 32.6 Å². The van der Waals surface area contributed by atoms with Crippen LogP contribution in [0.15, 0.2) is 30.5 Å². The fraction of sp³-hybridized carbons (Fsp3) is 0.476. The van der Waals surface area contributed by atoms with Gasteiger partial charge in [0.15, 0.2) is 0 Å². The number of anilines is 2. The maximum atomic E-state index is 13.2. The van der Waals surface area contributed by atoms with Crippen LogP contribution in [0, 0.1) is 11.2 Å². The Kier molecular flexibility index (Phi) is 6.74. The predicted octanol–water partition coefficient (Wildman–Crippen LogP) is 4.99. The van der Waals surface area contributed by atoms with E-state index in [-0.39, 0.29) is 5.82 Å². The highest BCUT2D eigenvalue weighted by Crippen LogP contribution is 2.24. The molecule has 2 aromatic rings. The fourth-order valence-electron chi connectivity index (χ4n) is 3.35. The first-order chi connectivity index (χ1) is 13.2. The highest BCUT2D eigenvalue weighted by molar-refractivity contribution is 6.13. The van der Waals surface area contributed by atoms with Gasteiger partial charge in [-0.05, 0) is 43.5 Å². The zero-order chi connectivity index (χ0) is 19.1. The van der Waals surface area contributed by atoms with E-state index in [1.165, 1.54) is 31.4 Å². The summed E-state index contributed by atoms with van der Waals surface area (Å²) in [6.07, 6.45) is 9.81. The van der Waals surface area contributed by atoms with Gasteiger partial charge >= 0.3 is 0 Å². The van der Waals surface area contributed by atoms with Crippen LogP contribution in [0.3, 0.4) is 0 Å². The minimum atomic E-state index is -0.307. The normalized spacial score (nSPS) is 14.7. The van der Waals surface area contributed by atoms with Crippen LogP contribution in [0.2, 0.25) is 0 Å². The second kappa shape index (κ2) is 9.44. The Morgan fingerprint density at radius 3 is 2.63 bits per heavy atom. The number of aromatic nitrogens is 2. The largest absolute Gasteiger partial charge is 0.367 e. The molecule has 0 bridgehead atoms. The number of rotatable bonds is 8. The average molecular weight is 369 g/mol. The molecule has 0 aliphatic heterocycles. The highest BCUT2D eigenvalue weighted by atomic mass is 19.1. The van der Waals surface area contributed by atoms with Crippen LogP contribution in [0.1, 0.15) is 63.0 Å². The van der Waals surface area contributed by atoms with Crippen molar-refractivity contribution < 1.29 is 4.39 Å². The molecule has 0 unspecified atom stereocenters. The Morgan fingerprint density at radius 1 is 1.19 bits per heavy atom. The number of nitrogens with zero attached hydrogens (tertiary/aromatic N) is 2. The Labute approximate surface area is 160 Å². The van der Waals surface area contributed by atoms with Gasteiger partial charge in [0.1, 0.15) is 11.6 Å². The summed E-state index contributed by atoms with van der Waals surface area (Å²) in [4.78, 5) is 9.05. The van der Waals surface area contributed by atoms with Crippen molar-refractivity contribution in [1.29, 1.82) is 5.41 Å². The van der Waals surface area contributed by atoms with E-state index in [0.717, 1.165) is 32.2 Å². The van der Waals surface area contributed by atoms with Crippen LogP contribution < -0.4 is 10.6 Å². The van der Waals surface area contributed by atoms with Crippen molar-refractivity contribution in [3.05, 3.63) is 47.4 Å². The Hall–Kier alpha value is -2.50. The summed E-state index contributed by atoms with van der Waals surface area (Å²) in [7, 11) is 0. The molecule has 1 aromatic carbocycles. The molecule has 0 atom stereocenters. The van der Waals surface area contributed by atoms with Crippen molar-refractivity contribution in [2.24, 2.45) is 0 Å². The van der Waals surface area contributed by atoms with Crippen molar-refractivity contribution in [2.75, 3.05) is 17.2 Å². The first-order valence-electron chi connectivity index (χ1n) is 9.89. The molecule has 5 nitrogen and oxygen atoms in total. The summed E-state index contributed by atoms with van der Waals surface area (Å²) in [5.41, 5.74) is 1.60. The quantitative estimate of drug-likeness (QED) is 0.453. The van der Waals surface area contributed by atoms with Crippen molar-refractivity contribution in [1.82, 2.24) is 9.97 Å². The second-order valence-electron chi connectivity index (χ2n) is 7.10. The molecule has 27 heavy (non-hydrogen) atoms. The van der Waals surface area contributed by atoms with Crippen LogP contribution in [0.25, 0.3) is 0 Å². The molecule has 0 saturated heterocycles. The summed E-state index contributed by atoms with van der Waals surface area (Å²) in [5, 5.41) is 15.4. The molecule has 1 heterocycles. The summed E-state index contributed by atoms with van der Waals surface area (Å²) >= 11 is 0. The molecule has 0 amide bonds. The Morgan fingerprint density at radius 2 is 1.93 bits per heavy atom. The van der Waals surface area contributed by atoms with E-state index in [2.05, 4.69) is 27.5 Å². The minimum absolute atomic E-state index is 0.299. The second-order valence-corrected chi connectivity index (χ2v) is 7.10. The van der Waals surface area contributed by atoms with Gasteiger partial charge in [-0.2, -0.15) is 4.98 Å².